The van der Waals surface area contributed by atoms with E-state index in [0.717, 1.165) is 16.7 Å². The van der Waals surface area contributed by atoms with Gasteiger partial charge in [0.15, 0.2) is 6.61 Å². The van der Waals surface area contributed by atoms with Crippen molar-refractivity contribution in [2.75, 3.05) is 11.9 Å². The quantitative estimate of drug-likeness (QED) is 0.788. The van der Waals surface area contributed by atoms with Crippen molar-refractivity contribution in [2.45, 2.75) is 27.4 Å². The van der Waals surface area contributed by atoms with E-state index in [1.807, 2.05) is 19.1 Å². The number of alkyl halides is 2. The zero-order valence-electron chi connectivity index (χ0n) is 14.6. The maximum atomic E-state index is 12.4. The summed E-state index contributed by atoms with van der Waals surface area (Å²) in [6.45, 7) is 1.93. The molecule has 0 fully saturated rings. The van der Waals surface area contributed by atoms with Crippen LogP contribution in [0.4, 0.5) is 14.5 Å². The molecule has 0 radical (unpaired) electrons. The average Bonchev–Trinajstić information content (AvgIpc) is 2.53. The van der Waals surface area contributed by atoms with Crippen LogP contribution in [0.15, 0.2) is 36.4 Å². The van der Waals surface area contributed by atoms with Gasteiger partial charge in [0, 0.05) is 0 Å². The van der Waals surface area contributed by atoms with Crippen LogP contribution in [0.3, 0.4) is 0 Å². The third-order valence-corrected chi connectivity index (χ3v) is 3.59. The smallest absolute Gasteiger partial charge is 0.387 e. The molecular weight excluding hydrogens is 344 g/mol. The molecule has 0 heterocycles. The van der Waals surface area contributed by atoms with Crippen molar-refractivity contribution in [3.05, 3.63) is 58.7 Å². The molecule has 0 aromatic heterocycles. The molecule has 0 saturated heterocycles. The number of esters is 1. The Bertz CT molecular complexity index is 798. The van der Waals surface area contributed by atoms with Crippen LogP contribution in [-0.2, 0) is 9.53 Å². The number of halogens is 2. The lowest BCUT2D eigenvalue weighted by Gasteiger charge is -2.13. The van der Waals surface area contributed by atoms with Gasteiger partial charge in [-0.25, -0.2) is 4.79 Å². The second-order valence-corrected chi connectivity index (χ2v) is 5.77. The molecule has 0 aliphatic rings. The number of ether oxygens (including phenoxy) is 2. The van der Waals surface area contributed by atoms with Crippen molar-refractivity contribution in [3.63, 3.8) is 0 Å². The Morgan fingerprint density at radius 2 is 1.69 bits per heavy atom. The van der Waals surface area contributed by atoms with Gasteiger partial charge in [-0.1, -0.05) is 29.8 Å². The fraction of sp³-hybridized carbons (Fsp3) is 0.263. The van der Waals surface area contributed by atoms with E-state index in [2.05, 4.69) is 10.1 Å². The van der Waals surface area contributed by atoms with E-state index in [4.69, 9.17) is 4.74 Å². The lowest BCUT2D eigenvalue weighted by molar-refractivity contribution is -0.119. The summed E-state index contributed by atoms with van der Waals surface area (Å²) in [4.78, 5) is 24.2. The molecule has 1 amide bonds. The summed E-state index contributed by atoms with van der Waals surface area (Å²) < 4.78 is 34.1. The van der Waals surface area contributed by atoms with Crippen molar-refractivity contribution < 1.29 is 27.8 Å². The minimum Gasteiger partial charge on any atom is -0.452 e. The molecule has 0 atom stereocenters. The fourth-order valence-corrected chi connectivity index (χ4v) is 2.66. The van der Waals surface area contributed by atoms with Crippen LogP contribution in [0.2, 0.25) is 0 Å². The normalized spacial score (nSPS) is 10.5. The Labute approximate surface area is 149 Å². The number of anilines is 1. The number of hydrogen-bond acceptors (Lipinski definition) is 4. The third kappa shape index (κ3) is 5.02. The Kier molecular flexibility index (Phi) is 6.27. The highest BCUT2D eigenvalue weighted by molar-refractivity contribution is 5.97. The number of nitrogens with one attached hydrogen (secondary N) is 1. The summed E-state index contributed by atoms with van der Waals surface area (Å²) in [6.07, 6.45) is 0. The molecule has 26 heavy (non-hydrogen) atoms. The first-order chi connectivity index (χ1) is 12.3. The van der Waals surface area contributed by atoms with Gasteiger partial charge >= 0.3 is 12.6 Å². The molecule has 5 nitrogen and oxygen atoms in total. The van der Waals surface area contributed by atoms with Crippen molar-refractivity contribution in [1.29, 1.82) is 0 Å². The molecule has 0 aliphatic heterocycles. The molecule has 2 aromatic carbocycles. The number of benzene rings is 2. The number of amides is 1. The SMILES string of the molecule is Cc1cc(C)c(C(=O)OCC(=O)Nc2ccccc2OC(F)F)c(C)c1. The summed E-state index contributed by atoms with van der Waals surface area (Å²) in [7, 11) is 0. The third-order valence-electron chi connectivity index (χ3n) is 3.59. The van der Waals surface area contributed by atoms with Crippen LogP contribution < -0.4 is 10.1 Å². The average molecular weight is 363 g/mol. The summed E-state index contributed by atoms with van der Waals surface area (Å²) >= 11 is 0. The molecule has 0 unspecified atom stereocenters. The van der Waals surface area contributed by atoms with Gasteiger partial charge in [0.25, 0.3) is 5.91 Å². The molecule has 1 N–H and O–H groups in total. The number of carbonyl (C=O) groups excluding carboxylic acids is 2. The summed E-state index contributed by atoms with van der Waals surface area (Å²) in [6, 6.07) is 9.46. The van der Waals surface area contributed by atoms with Crippen LogP contribution >= 0.6 is 0 Å². The second kappa shape index (κ2) is 8.42. The lowest BCUT2D eigenvalue weighted by atomic mass is 10.00. The van der Waals surface area contributed by atoms with Crippen LogP contribution in [0.1, 0.15) is 27.0 Å². The van der Waals surface area contributed by atoms with Gasteiger partial charge < -0.3 is 14.8 Å². The number of rotatable bonds is 6. The highest BCUT2D eigenvalue weighted by atomic mass is 19.3. The highest BCUT2D eigenvalue weighted by Crippen LogP contribution is 2.25. The Morgan fingerprint density at radius 1 is 1.08 bits per heavy atom. The molecule has 0 spiro atoms. The van der Waals surface area contributed by atoms with Gasteiger partial charge in [-0.2, -0.15) is 8.78 Å². The maximum Gasteiger partial charge on any atom is 0.387 e. The van der Waals surface area contributed by atoms with E-state index in [0.29, 0.717) is 5.56 Å². The van der Waals surface area contributed by atoms with Crippen molar-refractivity contribution in [2.24, 2.45) is 0 Å². The predicted molar refractivity (Wildman–Crippen MR) is 92.6 cm³/mol. The zero-order valence-corrected chi connectivity index (χ0v) is 14.6. The molecule has 2 rings (SSSR count). The van der Waals surface area contributed by atoms with Crippen molar-refractivity contribution >= 4 is 17.6 Å². The number of hydrogen-bond donors (Lipinski definition) is 1. The van der Waals surface area contributed by atoms with Gasteiger partial charge in [0.1, 0.15) is 5.75 Å². The molecule has 138 valence electrons. The standard InChI is InChI=1S/C19H19F2NO4/c1-11-8-12(2)17(13(3)9-11)18(24)25-10-16(23)22-14-6-4-5-7-15(14)26-19(20)21/h4-9,19H,10H2,1-3H3,(H,22,23). The van der Waals surface area contributed by atoms with Crippen LogP contribution in [-0.4, -0.2) is 25.1 Å². The largest absolute Gasteiger partial charge is 0.452 e. The van der Waals surface area contributed by atoms with Crippen LogP contribution in [0.5, 0.6) is 5.75 Å². The Morgan fingerprint density at radius 3 is 2.31 bits per heavy atom. The van der Waals surface area contributed by atoms with Crippen molar-refractivity contribution in [1.82, 2.24) is 0 Å². The Balaban J connectivity index is 2.01. The number of carbonyl (C=O) groups is 2. The maximum absolute atomic E-state index is 12.4. The van der Waals surface area contributed by atoms with E-state index in [-0.39, 0.29) is 11.4 Å². The van der Waals surface area contributed by atoms with E-state index in [9.17, 15) is 18.4 Å². The Hall–Kier alpha value is -2.96. The van der Waals surface area contributed by atoms with E-state index in [1.54, 1.807) is 19.9 Å². The first-order valence-corrected chi connectivity index (χ1v) is 7.86. The summed E-state index contributed by atoms with van der Waals surface area (Å²) in [5, 5.41) is 2.39. The molecule has 0 aliphatic carbocycles. The first-order valence-electron chi connectivity index (χ1n) is 7.86. The van der Waals surface area contributed by atoms with Crippen molar-refractivity contribution in [3.8, 4) is 5.75 Å². The van der Waals surface area contributed by atoms with Gasteiger partial charge in [-0.05, 0) is 44.0 Å². The summed E-state index contributed by atoms with van der Waals surface area (Å²) in [5.74, 6) is -1.45. The molecule has 0 bridgehead atoms. The minimum atomic E-state index is -3.02. The monoisotopic (exact) mass is 363 g/mol. The number of para-hydroxylation sites is 2. The van der Waals surface area contributed by atoms with Gasteiger partial charge in [-0.15, -0.1) is 0 Å². The van der Waals surface area contributed by atoms with E-state index >= 15 is 0 Å². The first kappa shape index (κ1) is 19.4. The predicted octanol–water partition coefficient (Wildman–Crippen LogP) is 4.01. The number of aryl methyl sites for hydroxylation is 3. The summed E-state index contributed by atoms with van der Waals surface area (Å²) in [5.41, 5.74) is 3.00. The highest BCUT2D eigenvalue weighted by Gasteiger charge is 2.17. The molecule has 0 saturated carbocycles. The van der Waals surface area contributed by atoms with Gasteiger partial charge in [-0.3, -0.25) is 4.79 Å². The molecular formula is C19H19F2NO4. The second-order valence-electron chi connectivity index (χ2n) is 5.77. The van der Waals surface area contributed by atoms with Gasteiger partial charge in [0.05, 0.1) is 11.3 Å². The van der Waals surface area contributed by atoms with E-state index < -0.39 is 25.1 Å². The minimum absolute atomic E-state index is 0.0662. The molecule has 2 aromatic rings. The van der Waals surface area contributed by atoms with Crippen LogP contribution in [0.25, 0.3) is 0 Å². The van der Waals surface area contributed by atoms with Gasteiger partial charge in [0.2, 0.25) is 0 Å². The molecule has 7 heteroatoms. The van der Waals surface area contributed by atoms with Crippen LogP contribution in [0, 0.1) is 20.8 Å². The van der Waals surface area contributed by atoms with E-state index in [1.165, 1.54) is 18.2 Å². The lowest BCUT2D eigenvalue weighted by Crippen LogP contribution is -2.22. The fourth-order valence-electron chi connectivity index (χ4n) is 2.66. The zero-order chi connectivity index (χ0) is 19.3. The topological polar surface area (TPSA) is 64.6 Å².